The minimum Gasteiger partial charge on any atom is -0.378 e. The van der Waals surface area contributed by atoms with Crippen LogP contribution in [0, 0.1) is 0 Å². The lowest BCUT2D eigenvalue weighted by Crippen LogP contribution is -2.41. The molecule has 2 aliphatic heterocycles. The van der Waals surface area contributed by atoms with E-state index in [4.69, 9.17) is 9.47 Å². The van der Waals surface area contributed by atoms with Crippen molar-refractivity contribution in [3.05, 3.63) is 12.2 Å². The van der Waals surface area contributed by atoms with E-state index in [1.165, 1.54) is 12.2 Å². The number of hydrogen-bond donors (Lipinski definition) is 0. The van der Waals surface area contributed by atoms with Crippen LogP contribution in [0.3, 0.4) is 0 Å². The molecule has 2 rings (SSSR count). The van der Waals surface area contributed by atoms with Crippen LogP contribution >= 0.6 is 0 Å². The zero-order valence-electron chi connectivity index (χ0n) is 10.3. The predicted octanol–water partition coefficient (Wildman–Crippen LogP) is -0.740. The zero-order chi connectivity index (χ0) is 12.8. The van der Waals surface area contributed by atoms with Gasteiger partial charge in [-0.1, -0.05) is 0 Å². The predicted molar refractivity (Wildman–Crippen MR) is 63.9 cm³/mol. The van der Waals surface area contributed by atoms with E-state index in [-0.39, 0.29) is 11.8 Å². The maximum Gasteiger partial charge on any atom is 0.246 e. The van der Waals surface area contributed by atoms with Gasteiger partial charge in [-0.25, -0.2) is 0 Å². The van der Waals surface area contributed by atoms with Crippen LogP contribution in [-0.4, -0.2) is 74.2 Å². The summed E-state index contributed by atoms with van der Waals surface area (Å²) in [5, 5.41) is 0. The first kappa shape index (κ1) is 13.0. The Labute approximate surface area is 106 Å². The maximum atomic E-state index is 11.8. The molecule has 0 spiro atoms. The van der Waals surface area contributed by atoms with Crippen molar-refractivity contribution in [2.75, 3.05) is 52.6 Å². The molecule has 2 amide bonds. The fourth-order valence-corrected chi connectivity index (χ4v) is 1.92. The van der Waals surface area contributed by atoms with E-state index in [1.807, 2.05) is 0 Å². The third kappa shape index (κ3) is 3.54. The Hall–Kier alpha value is -1.40. The summed E-state index contributed by atoms with van der Waals surface area (Å²) in [4.78, 5) is 26.9. The minimum atomic E-state index is -0.125. The van der Waals surface area contributed by atoms with Crippen LogP contribution in [0.5, 0.6) is 0 Å². The van der Waals surface area contributed by atoms with Gasteiger partial charge in [0, 0.05) is 38.3 Å². The summed E-state index contributed by atoms with van der Waals surface area (Å²) in [5.74, 6) is -0.250. The molecule has 2 saturated heterocycles. The average Bonchev–Trinajstić information content (AvgIpc) is 2.46. The molecule has 100 valence electrons. The van der Waals surface area contributed by atoms with Gasteiger partial charge in [-0.05, 0) is 0 Å². The highest BCUT2D eigenvalue weighted by Crippen LogP contribution is 2.01. The first-order valence-corrected chi connectivity index (χ1v) is 6.19. The van der Waals surface area contributed by atoms with Crippen LogP contribution in [-0.2, 0) is 19.1 Å². The molecule has 2 heterocycles. The highest BCUT2D eigenvalue weighted by atomic mass is 16.5. The minimum absolute atomic E-state index is 0.125. The molecule has 0 atom stereocenters. The number of carbonyl (C=O) groups is 2. The number of hydrogen-bond acceptors (Lipinski definition) is 4. The van der Waals surface area contributed by atoms with Crippen molar-refractivity contribution in [1.29, 1.82) is 0 Å². The summed E-state index contributed by atoms with van der Waals surface area (Å²) in [5.41, 5.74) is 0. The second-order valence-corrected chi connectivity index (χ2v) is 4.21. The summed E-state index contributed by atoms with van der Waals surface area (Å²) < 4.78 is 10.3. The molecule has 0 aromatic heterocycles. The number of nitrogens with zero attached hydrogens (tertiary/aromatic N) is 2. The second kappa shape index (κ2) is 6.51. The van der Waals surface area contributed by atoms with E-state index < -0.39 is 0 Å². The molecule has 0 aromatic rings. The van der Waals surface area contributed by atoms with Crippen molar-refractivity contribution in [3.8, 4) is 0 Å². The monoisotopic (exact) mass is 254 g/mol. The number of amides is 2. The molecule has 0 bridgehead atoms. The van der Waals surface area contributed by atoms with E-state index in [0.717, 1.165) is 0 Å². The lowest BCUT2D eigenvalue weighted by Gasteiger charge is -2.26. The second-order valence-electron chi connectivity index (χ2n) is 4.21. The van der Waals surface area contributed by atoms with Gasteiger partial charge in [-0.15, -0.1) is 0 Å². The fraction of sp³-hybridized carbons (Fsp3) is 0.667. The molecule has 0 aliphatic carbocycles. The van der Waals surface area contributed by atoms with Crippen LogP contribution < -0.4 is 0 Å². The Morgan fingerprint density at radius 1 is 0.722 bits per heavy atom. The lowest BCUT2D eigenvalue weighted by molar-refractivity contribution is -0.132. The Bertz CT molecular complexity index is 299. The fourth-order valence-electron chi connectivity index (χ4n) is 1.92. The van der Waals surface area contributed by atoms with Crippen molar-refractivity contribution in [3.63, 3.8) is 0 Å². The molecular formula is C12H18N2O4. The molecule has 6 nitrogen and oxygen atoms in total. The van der Waals surface area contributed by atoms with E-state index in [2.05, 4.69) is 0 Å². The van der Waals surface area contributed by atoms with Crippen molar-refractivity contribution in [2.24, 2.45) is 0 Å². The van der Waals surface area contributed by atoms with Crippen molar-refractivity contribution >= 4 is 11.8 Å². The summed E-state index contributed by atoms with van der Waals surface area (Å²) in [7, 11) is 0. The number of carbonyl (C=O) groups excluding carboxylic acids is 2. The molecule has 18 heavy (non-hydrogen) atoms. The molecule has 0 aromatic carbocycles. The van der Waals surface area contributed by atoms with Gasteiger partial charge in [-0.3, -0.25) is 9.59 Å². The summed E-state index contributed by atoms with van der Waals surface area (Å²) in [6.07, 6.45) is 2.70. The van der Waals surface area contributed by atoms with Gasteiger partial charge < -0.3 is 19.3 Å². The molecule has 6 heteroatoms. The Morgan fingerprint density at radius 3 is 1.39 bits per heavy atom. The van der Waals surface area contributed by atoms with Gasteiger partial charge in [0.25, 0.3) is 0 Å². The molecule has 0 saturated carbocycles. The first-order valence-electron chi connectivity index (χ1n) is 6.19. The smallest absolute Gasteiger partial charge is 0.246 e. The van der Waals surface area contributed by atoms with Crippen LogP contribution in [0.1, 0.15) is 0 Å². The SMILES string of the molecule is O=C(/C=C\C(=O)N1CCOCC1)N1CCOCC1. The number of ether oxygens (including phenoxy) is 2. The normalized spacial score (nSPS) is 21.3. The Kier molecular flexibility index (Phi) is 4.72. The molecule has 2 aliphatic rings. The van der Waals surface area contributed by atoms with Crippen LogP contribution in [0.25, 0.3) is 0 Å². The van der Waals surface area contributed by atoms with Gasteiger partial charge in [0.1, 0.15) is 0 Å². The van der Waals surface area contributed by atoms with Gasteiger partial charge in [0.2, 0.25) is 11.8 Å². The average molecular weight is 254 g/mol. The summed E-state index contributed by atoms with van der Waals surface area (Å²) >= 11 is 0. The molecule has 0 unspecified atom stereocenters. The topological polar surface area (TPSA) is 59.1 Å². The zero-order valence-corrected chi connectivity index (χ0v) is 10.3. The summed E-state index contributed by atoms with van der Waals surface area (Å²) in [6, 6.07) is 0. The van der Waals surface area contributed by atoms with E-state index in [0.29, 0.717) is 52.6 Å². The van der Waals surface area contributed by atoms with Crippen LogP contribution in [0.15, 0.2) is 12.2 Å². The Balaban J connectivity index is 1.81. The van der Waals surface area contributed by atoms with Crippen molar-refractivity contribution < 1.29 is 19.1 Å². The highest BCUT2D eigenvalue weighted by molar-refractivity contribution is 5.96. The standard InChI is InChI=1S/C12H18N2O4/c15-11(13-3-7-17-8-4-13)1-2-12(16)14-5-9-18-10-6-14/h1-2H,3-10H2/b2-1-. The number of rotatable bonds is 2. The number of morpholine rings is 2. The largest absolute Gasteiger partial charge is 0.378 e. The van der Waals surface area contributed by atoms with Crippen molar-refractivity contribution in [2.45, 2.75) is 0 Å². The van der Waals surface area contributed by atoms with E-state index in [1.54, 1.807) is 9.80 Å². The van der Waals surface area contributed by atoms with Crippen molar-refractivity contribution in [1.82, 2.24) is 9.80 Å². The quantitative estimate of drug-likeness (QED) is 0.609. The summed E-state index contributed by atoms with van der Waals surface area (Å²) in [6.45, 7) is 4.63. The van der Waals surface area contributed by atoms with Crippen LogP contribution in [0.2, 0.25) is 0 Å². The maximum absolute atomic E-state index is 11.8. The van der Waals surface area contributed by atoms with Gasteiger partial charge >= 0.3 is 0 Å². The highest BCUT2D eigenvalue weighted by Gasteiger charge is 2.17. The van der Waals surface area contributed by atoms with Gasteiger partial charge in [0.05, 0.1) is 26.4 Å². The third-order valence-electron chi connectivity index (χ3n) is 3.01. The molecule has 2 fully saturated rings. The molecule has 0 N–H and O–H groups in total. The molecule has 0 radical (unpaired) electrons. The Morgan fingerprint density at radius 2 is 1.06 bits per heavy atom. The van der Waals surface area contributed by atoms with Gasteiger partial charge in [0.15, 0.2) is 0 Å². The first-order chi connectivity index (χ1) is 8.77. The van der Waals surface area contributed by atoms with E-state index in [9.17, 15) is 9.59 Å². The van der Waals surface area contributed by atoms with E-state index >= 15 is 0 Å². The third-order valence-corrected chi connectivity index (χ3v) is 3.01. The lowest BCUT2D eigenvalue weighted by atomic mass is 10.3. The van der Waals surface area contributed by atoms with Crippen LogP contribution in [0.4, 0.5) is 0 Å². The van der Waals surface area contributed by atoms with Gasteiger partial charge in [-0.2, -0.15) is 0 Å². The molecular weight excluding hydrogens is 236 g/mol.